The first-order valence-corrected chi connectivity index (χ1v) is 12.5. The molecule has 148 valence electrons. The van der Waals surface area contributed by atoms with Crippen LogP contribution in [-0.2, 0) is 21.8 Å². The van der Waals surface area contributed by atoms with E-state index in [4.69, 9.17) is 21.8 Å². The predicted octanol–water partition coefficient (Wildman–Crippen LogP) is 1.80. The molecule has 0 aromatic carbocycles. The first kappa shape index (κ1) is 24.6. The van der Waals surface area contributed by atoms with Gasteiger partial charge in [0.25, 0.3) is 0 Å². The number of hydrogen-bond acceptors (Lipinski definition) is 7. The van der Waals surface area contributed by atoms with E-state index in [9.17, 15) is 0 Å². The van der Waals surface area contributed by atoms with E-state index in [1.54, 1.807) is 28.4 Å². The molecular formula is C16H36N2O5Si2. The highest BCUT2D eigenvalue weighted by atomic mass is 28.5. The summed E-state index contributed by atoms with van der Waals surface area (Å²) in [5, 5.41) is 6.54. The summed E-state index contributed by atoms with van der Waals surface area (Å²) < 4.78 is 29.1. The van der Waals surface area contributed by atoms with Crippen LogP contribution in [0.15, 0.2) is 25.3 Å². The zero-order valence-corrected chi connectivity index (χ0v) is 18.3. The lowest BCUT2D eigenvalue weighted by Crippen LogP contribution is -2.57. The monoisotopic (exact) mass is 392 g/mol. The Labute approximate surface area is 155 Å². The molecule has 0 saturated carbocycles. The topological polar surface area (TPSA) is 70.2 Å². The van der Waals surface area contributed by atoms with Gasteiger partial charge in [-0.15, -0.1) is 13.2 Å². The number of rotatable bonds is 18. The lowest BCUT2D eigenvalue weighted by atomic mass is 10.4. The minimum Gasteiger partial charge on any atom is -0.377 e. The second-order valence-electron chi connectivity index (χ2n) is 5.48. The molecule has 25 heavy (non-hydrogen) atoms. The number of nitrogens with one attached hydrogen (secondary N) is 2. The molecule has 0 heterocycles. The van der Waals surface area contributed by atoms with E-state index >= 15 is 0 Å². The predicted molar refractivity (Wildman–Crippen MR) is 106 cm³/mol. The minimum atomic E-state index is -2.85. The van der Waals surface area contributed by atoms with E-state index in [-0.39, 0.29) is 0 Å². The molecule has 9 heteroatoms. The van der Waals surface area contributed by atoms with Gasteiger partial charge in [0.2, 0.25) is 0 Å². The maximum Gasteiger partial charge on any atom is 0.493 e. The van der Waals surface area contributed by atoms with Gasteiger partial charge < -0.3 is 32.5 Å². The molecule has 0 bridgehead atoms. The van der Waals surface area contributed by atoms with E-state index in [1.807, 2.05) is 12.2 Å². The molecule has 0 radical (unpaired) electrons. The summed E-state index contributed by atoms with van der Waals surface area (Å²) >= 11 is 0. The zero-order chi connectivity index (χ0) is 19.0. The lowest BCUT2D eigenvalue weighted by Gasteiger charge is -2.35. The zero-order valence-electron chi connectivity index (χ0n) is 16.3. The van der Waals surface area contributed by atoms with E-state index in [0.717, 1.165) is 39.0 Å². The summed E-state index contributed by atoms with van der Waals surface area (Å²) in [6.07, 6.45) is 5.42. The summed E-state index contributed by atoms with van der Waals surface area (Å²) in [6.45, 7) is 10.6. The van der Waals surface area contributed by atoms with E-state index < -0.39 is 17.6 Å². The van der Waals surface area contributed by atoms with Crippen LogP contribution in [0.3, 0.4) is 0 Å². The normalized spacial score (nSPS) is 12.3. The first-order chi connectivity index (χ1) is 12.1. The Morgan fingerprint density at radius 3 is 1.36 bits per heavy atom. The highest BCUT2D eigenvalue weighted by molar-refractivity contribution is 6.74. The molecule has 0 aliphatic carbocycles. The third-order valence-electron chi connectivity index (χ3n) is 3.81. The summed E-state index contributed by atoms with van der Waals surface area (Å²) in [5.74, 6) is 0. The quantitative estimate of drug-likeness (QED) is 0.209. The van der Waals surface area contributed by atoms with E-state index in [0.29, 0.717) is 12.1 Å². The van der Waals surface area contributed by atoms with Crippen LogP contribution >= 0.6 is 0 Å². The van der Waals surface area contributed by atoms with E-state index in [2.05, 4.69) is 23.8 Å². The molecule has 0 aromatic heterocycles. The molecule has 0 fully saturated rings. The fraction of sp³-hybridized carbons (Fsp3) is 0.750. The highest BCUT2D eigenvalue weighted by Gasteiger charge is 2.51. The Kier molecular flexibility index (Phi) is 14.6. The SMILES string of the molecule is C=CCNCCC[Si](OC)(OC)O[Si](CCCNCC=C)(OC)OC. The van der Waals surface area contributed by atoms with Gasteiger partial charge in [0.05, 0.1) is 0 Å². The Balaban J connectivity index is 4.73. The average Bonchev–Trinajstić information content (AvgIpc) is 2.65. The molecule has 2 N–H and O–H groups in total. The Hall–Kier alpha value is -0.366. The molecule has 0 aromatic rings. The molecule has 0 rings (SSSR count). The summed E-state index contributed by atoms with van der Waals surface area (Å²) in [4.78, 5) is 0. The molecular weight excluding hydrogens is 356 g/mol. The molecule has 0 aliphatic heterocycles. The number of hydrogen-bond donors (Lipinski definition) is 2. The summed E-state index contributed by atoms with van der Waals surface area (Å²) in [7, 11) is 0.818. The summed E-state index contributed by atoms with van der Waals surface area (Å²) in [5.41, 5.74) is 0. The smallest absolute Gasteiger partial charge is 0.377 e. The summed E-state index contributed by atoms with van der Waals surface area (Å²) in [6, 6.07) is 1.39. The van der Waals surface area contributed by atoms with Crippen LogP contribution in [0, 0.1) is 0 Å². The standard InChI is InChI=1S/C16H36N2O5Si2/c1-7-11-17-13-9-15-24(19-3,20-4)23-25(21-5,22-6)16-10-14-18-12-8-2/h7-8,17-18H,1-2,9-16H2,3-6H3. The van der Waals surface area contributed by atoms with Crippen molar-refractivity contribution in [3.05, 3.63) is 25.3 Å². The van der Waals surface area contributed by atoms with Gasteiger partial charge in [-0.1, -0.05) is 12.2 Å². The van der Waals surface area contributed by atoms with Crippen LogP contribution in [0.5, 0.6) is 0 Å². The molecule has 0 aliphatic rings. The van der Waals surface area contributed by atoms with Crippen LogP contribution in [0.4, 0.5) is 0 Å². The molecule has 0 unspecified atom stereocenters. The maximum absolute atomic E-state index is 6.33. The van der Waals surface area contributed by atoms with Gasteiger partial charge >= 0.3 is 17.6 Å². The van der Waals surface area contributed by atoms with Crippen molar-refractivity contribution in [2.24, 2.45) is 0 Å². The maximum atomic E-state index is 6.33. The van der Waals surface area contributed by atoms with Gasteiger partial charge in [0, 0.05) is 53.6 Å². The van der Waals surface area contributed by atoms with Gasteiger partial charge in [-0.25, -0.2) is 0 Å². The van der Waals surface area contributed by atoms with Crippen molar-refractivity contribution in [3.8, 4) is 0 Å². The lowest BCUT2D eigenvalue weighted by molar-refractivity contribution is 0.0859. The van der Waals surface area contributed by atoms with Crippen LogP contribution in [0.25, 0.3) is 0 Å². The largest absolute Gasteiger partial charge is 0.493 e. The van der Waals surface area contributed by atoms with Crippen LogP contribution in [0.2, 0.25) is 12.1 Å². The second kappa shape index (κ2) is 14.8. The van der Waals surface area contributed by atoms with Gasteiger partial charge in [0.1, 0.15) is 0 Å². The van der Waals surface area contributed by atoms with E-state index in [1.165, 1.54) is 0 Å². The van der Waals surface area contributed by atoms with Crippen molar-refractivity contribution in [1.29, 1.82) is 0 Å². The Bertz CT molecular complexity index is 321. The second-order valence-corrected chi connectivity index (χ2v) is 11.7. The van der Waals surface area contributed by atoms with Crippen LogP contribution < -0.4 is 10.6 Å². The minimum absolute atomic E-state index is 0.695. The fourth-order valence-electron chi connectivity index (χ4n) is 2.35. The molecule has 0 saturated heterocycles. The molecule has 0 amide bonds. The van der Waals surface area contributed by atoms with Gasteiger partial charge in [0.15, 0.2) is 0 Å². The van der Waals surface area contributed by atoms with Gasteiger partial charge in [-0.3, -0.25) is 0 Å². The van der Waals surface area contributed by atoms with Crippen LogP contribution in [-0.4, -0.2) is 72.2 Å². The van der Waals surface area contributed by atoms with Gasteiger partial charge in [-0.05, 0) is 25.9 Å². The molecule has 0 spiro atoms. The van der Waals surface area contributed by atoms with Crippen molar-refractivity contribution in [2.45, 2.75) is 24.9 Å². The van der Waals surface area contributed by atoms with Crippen molar-refractivity contribution >= 4 is 17.6 Å². The third-order valence-corrected chi connectivity index (χ3v) is 10.7. The average molecular weight is 393 g/mol. The van der Waals surface area contributed by atoms with Crippen LogP contribution in [0.1, 0.15) is 12.8 Å². The Morgan fingerprint density at radius 1 is 0.720 bits per heavy atom. The van der Waals surface area contributed by atoms with Crippen molar-refractivity contribution in [1.82, 2.24) is 10.6 Å². The third kappa shape index (κ3) is 9.78. The van der Waals surface area contributed by atoms with Crippen molar-refractivity contribution in [2.75, 3.05) is 54.6 Å². The van der Waals surface area contributed by atoms with Gasteiger partial charge in [-0.2, -0.15) is 0 Å². The fourth-order valence-corrected chi connectivity index (χ4v) is 8.76. The molecule has 7 nitrogen and oxygen atoms in total. The Morgan fingerprint density at radius 2 is 1.08 bits per heavy atom. The highest BCUT2D eigenvalue weighted by Crippen LogP contribution is 2.26. The molecule has 0 atom stereocenters. The first-order valence-electron chi connectivity index (χ1n) is 8.61. The van der Waals surface area contributed by atoms with Crippen molar-refractivity contribution < 1.29 is 21.8 Å². The van der Waals surface area contributed by atoms with Crippen molar-refractivity contribution in [3.63, 3.8) is 0 Å².